The van der Waals surface area contributed by atoms with Crippen molar-refractivity contribution in [2.45, 2.75) is 90.1 Å². The molecule has 0 saturated carbocycles. The number of aliphatic hydroxyl groups excluding tert-OH is 1. The molecule has 0 bridgehead atoms. The van der Waals surface area contributed by atoms with Crippen LogP contribution in [0.5, 0.6) is 0 Å². The molecule has 6 heteroatoms. The standard InChI is InChI=1S/C18H35FO5/c1-4-7-10-21-13-14-15(19)16(22-11-8-5-2)17(18(20)24-14)23-12-9-6-3/h14-18,20H,4-13H2,1-3H3/t14?,15-,16?,17?,18?/m1/s1. The van der Waals surface area contributed by atoms with Gasteiger partial charge in [0.15, 0.2) is 12.5 Å². The van der Waals surface area contributed by atoms with E-state index in [9.17, 15) is 9.50 Å². The molecule has 1 fully saturated rings. The monoisotopic (exact) mass is 350 g/mol. The van der Waals surface area contributed by atoms with Crippen LogP contribution in [0.2, 0.25) is 0 Å². The third-order valence-electron chi connectivity index (χ3n) is 4.13. The summed E-state index contributed by atoms with van der Waals surface area (Å²) in [6.45, 7) is 7.76. The van der Waals surface area contributed by atoms with Crippen LogP contribution >= 0.6 is 0 Å². The molecular weight excluding hydrogens is 315 g/mol. The molecule has 4 unspecified atom stereocenters. The van der Waals surface area contributed by atoms with E-state index in [4.69, 9.17) is 18.9 Å². The number of aliphatic hydroxyl groups is 1. The van der Waals surface area contributed by atoms with Crippen molar-refractivity contribution in [2.75, 3.05) is 26.4 Å². The molecule has 1 rings (SSSR count). The summed E-state index contributed by atoms with van der Waals surface area (Å²) in [7, 11) is 0. The lowest BCUT2D eigenvalue weighted by atomic mass is 10.00. The predicted octanol–water partition coefficient (Wildman–Crippen LogP) is 3.23. The number of hydrogen-bond acceptors (Lipinski definition) is 5. The van der Waals surface area contributed by atoms with Crippen molar-refractivity contribution in [2.24, 2.45) is 0 Å². The quantitative estimate of drug-likeness (QED) is 0.517. The minimum absolute atomic E-state index is 0.119. The van der Waals surface area contributed by atoms with E-state index in [1.54, 1.807) is 0 Å². The van der Waals surface area contributed by atoms with Gasteiger partial charge in [0.2, 0.25) is 0 Å². The Morgan fingerprint density at radius 1 is 0.875 bits per heavy atom. The average molecular weight is 350 g/mol. The maximum atomic E-state index is 14.9. The molecule has 0 amide bonds. The molecular formula is C18H35FO5. The lowest BCUT2D eigenvalue weighted by molar-refractivity contribution is -0.294. The van der Waals surface area contributed by atoms with Crippen molar-refractivity contribution in [1.29, 1.82) is 0 Å². The lowest BCUT2D eigenvalue weighted by Crippen LogP contribution is -2.59. The van der Waals surface area contributed by atoms with Gasteiger partial charge in [0.1, 0.15) is 18.3 Å². The topological polar surface area (TPSA) is 57.2 Å². The molecule has 1 heterocycles. The van der Waals surface area contributed by atoms with Gasteiger partial charge in [0, 0.05) is 19.8 Å². The zero-order valence-electron chi connectivity index (χ0n) is 15.4. The molecule has 0 aromatic rings. The predicted molar refractivity (Wildman–Crippen MR) is 90.8 cm³/mol. The molecule has 1 N–H and O–H groups in total. The van der Waals surface area contributed by atoms with Gasteiger partial charge in [0.25, 0.3) is 0 Å². The second-order valence-electron chi connectivity index (χ2n) is 6.32. The van der Waals surface area contributed by atoms with Gasteiger partial charge in [-0.3, -0.25) is 0 Å². The van der Waals surface area contributed by atoms with Gasteiger partial charge in [-0.15, -0.1) is 0 Å². The van der Waals surface area contributed by atoms with Crippen LogP contribution in [-0.4, -0.2) is 62.3 Å². The first kappa shape index (κ1) is 21.8. The van der Waals surface area contributed by atoms with Crippen molar-refractivity contribution in [1.82, 2.24) is 0 Å². The van der Waals surface area contributed by atoms with Crippen LogP contribution in [0.15, 0.2) is 0 Å². The summed E-state index contributed by atoms with van der Waals surface area (Å²) in [5.74, 6) is 0. The Bertz CT molecular complexity index is 305. The van der Waals surface area contributed by atoms with Gasteiger partial charge in [-0.2, -0.15) is 0 Å². The highest BCUT2D eigenvalue weighted by Crippen LogP contribution is 2.28. The van der Waals surface area contributed by atoms with E-state index in [0.717, 1.165) is 38.5 Å². The average Bonchev–Trinajstić information content (AvgIpc) is 2.57. The molecule has 0 aliphatic carbocycles. The first-order valence-electron chi connectivity index (χ1n) is 9.44. The fraction of sp³-hybridized carbons (Fsp3) is 1.00. The van der Waals surface area contributed by atoms with E-state index >= 15 is 0 Å². The summed E-state index contributed by atoms with van der Waals surface area (Å²) in [4.78, 5) is 0. The molecule has 0 aromatic carbocycles. The largest absolute Gasteiger partial charge is 0.379 e. The second kappa shape index (κ2) is 13.0. The Labute approximate surface area is 145 Å². The summed E-state index contributed by atoms with van der Waals surface area (Å²) in [5, 5.41) is 10.2. The van der Waals surface area contributed by atoms with E-state index in [2.05, 4.69) is 13.8 Å². The Balaban J connectivity index is 2.61. The smallest absolute Gasteiger partial charge is 0.184 e. The molecule has 0 radical (unpaired) electrons. The zero-order valence-corrected chi connectivity index (χ0v) is 15.4. The van der Waals surface area contributed by atoms with Crippen LogP contribution in [0, 0.1) is 0 Å². The third kappa shape index (κ3) is 7.31. The summed E-state index contributed by atoms with van der Waals surface area (Å²) >= 11 is 0. The minimum atomic E-state index is -1.38. The van der Waals surface area contributed by atoms with E-state index in [0.29, 0.717) is 19.8 Å². The van der Waals surface area contributed by atoms with Crippen molar-refractivity contribution >= 4 is 0 Å². The van der Waals surface area contributed by atoms with E-state index < -0.39 is 30.8 Å². The molecule has 1 aliphatic heterocycles. The van der Waals surface area contributed by atoms with Crippen LogP contribution in [0.1, 0.15) is 59.3 Å². The number of halogens is 1. The third-order valence-corrected chi connectivity index (χ3v) is 4.13. The van der Waals surface area contributed by atoms with Crippen LogP contribution in [-0.2, 0) is 18.9 Å². The minimum Gasteiger partial charge on any atom is -0.379 e. The second-order valence-corrected chi connectivity index (χ2v) is 6.32. The Morgan fingerprint density at radius 2 is 1.42 bits per heavy atom. The summed E-state index contributed by atoms with van der Waals surface area (Å²) in [5.41, 5.74) is 0. The van der Waals surface area contributed by atoms with E-state index in [-0.39, 0.29) is 6.61 Å². The SMILES string of the molecule is CCCCOCC1OC(O)C(OCCCC)C(OCCCC)[C@@H]1F. The maximum Gasteiger partial charge on any atom is 0.184 e. The van der Waals surface area contributed by atoms with Gasteiger partial charge in [-0.1, -0.05) is 40.0 Å². The Kier molecular flexibility index (Phi) is 11.8. The number of hydrogen-bond donors (Lipinski definition) is 1. The van der Waals surface area contributed by atoms with Crippen LogP contribution < -0.4 is 0 Å². The fourth-order valence-electron chi connectivity index (χ4n) is 2.56. The normalized spacial score (nSPS) is 30.6. The van der Waals surface area contributed by atoms with Crippen molar-refractivity contribution in [3.63, 3.8) is 0 Å². The fourth-order valence-corrected chi connectivity index (χ4v) is 2.56. The molecule has 5 nitrogen and oxygen atoms in total. The first-order chi connectivity index (χ1) is 11.7. The van der Waals surface area contributed by atoms with Crippen molar-refractivity contribution in [3.05, 3.63) is 0 Å². The summed E-state index contributed by atoms with van der Waals surface area (Å²) in [6.07, 6.45) is 0.561. The molecule has 0 spiro atoms. The van der Waals surface area contributed by atoms with Gasteiger partial charge in [-0.05, 0) is 19.3 Å². The van der Waals surface area contributed by atoms with Gasteiger partial charge in [-0.25, -0.2) is 4.39 Å². The number of alkyl halides is 1. The number of unbranched alkanes of at least 4 members (excludes halogenated alkanes) is 3. The highest BCUT2D eigenvalue weighted by atomic mass is 19.1. The van der Waals surface area contributed by atoms with Crippen LogP contribution in [0.25, 0.3) is 0 Å². The Hall–Kier alpha value is -0.270. The van der Waals surface area contributed by atoms with Crippen LogP contribution in [0.4, 0.5) is 4.39 Å². The summed E-state index contributed by atoms with van der Waals surface area (Å²) < 4.78 is 37.1. The molecule has 1 aliphatic rings. The van der Waals surface area contributed by atoms with Gasteiger partial charge in [0.05, 0.1) is 6.61 Å². The molecule has 144 valence electrons. The van der Waals surface area contributed by atoms with Crippen molar-refractivity contribution < 1.29 is 28.4 Å². The number of rotatable bonds is 13. The Morgan fingerprint density at radius 3 is 2.00 bits per heavy atom. The highest BCUT2D eigenvalue weighted by Gasteiger charge is 2.47. The molecule has 24 heavy (non-hydrogen) atoms. The zero-order chi connectivity index (χ0) is 17.8. The molecule has 5 atom stereocenters. The van der Waals surface area contributed by atoms with E-state index in [1.165, 1.54) is 0 Å². The van der Waals surface area contributed by atoms with Crippen molar-refractivity contribution in [3.8, 4) is 0 Å². The molecule has 0 aromatic heterocycles. The molecule has 1 saturated heterocycles. The van der Waals surface area contributed by atoms with E-state index in [1.807, 2.05) is 6.92 Å². The van der Waals surface area contributed by atoms with Gasteiger partial charge < -0.3 is 24.1 Å². The number of ether oxygens (including phenoxy) is 4. The van der Waals surface area contributed by atoms with Gasteiger partial charge >= 0.3 is 0 Å². The first-order valence-corrected chi connectivity index (χ1v) is 9.44. The maximum absolute atomic E-state index is 14.9. The highest BCUT2D eigenvalue weighted by molar-refractivity contribution is 4.91. The summed E-state index contributed by atoms with van der Waals surface area (Å²) in [6, 6.07) is 0. The lowest BCUT2D eigenvalue weighted by Gasteiger charge is -2.41. The van der Waals surface area contributed by atoms with Crippen LogP contribution in [0.3, 0.4) is 0 Å².